The van der Waals surface area contributed by atoms with E-state index in [9.17, 15) is 4.79 Å². The fourth-order valence-electron chi connectivity index (χ4n) is 1.45. The fourth-order valence-corrected chi connectivity index (χ4v) is 1.65. The van der Waals surface area contributed by atoms with E-state index in [1.807, 2.05) is 0 Å². The summed E-state index contributed by atoms with van der Waals surface area (Å²) in [5, 5.41) is 3.54. The van der Waals surface area contributed by atoms with Gasteiger partial charge in [-0.05, 0) is 18.9 Å². The standard InChI is InChI=1S/C8H9ClN2O/c9-7-4-6-5(8(12)11-7)2-1-3-10-6/h4,10H,1-3H2,(H,11,12). The number of hydrogen-bond donors (Lipinski definition) is 2. The molecule has 4 heteroatoms. The van der Waals surface area contributed by atoms with Crippen molar-refractivity contribution in [2.24, 2.45) is 0 Å². The van der Waals surface area contributed by atoms with E-state index in [0.717, 1.165) is 30.6 Å². The first-order chi connectivity index (χ1) is 5.77. The van der Waals surface area contributed by atoms with Crippen molar-refractivity contribution in [2.45, 2.75) is 12.8 Å². The Labute approximate surface area is 74.8 Å². The number of fused-ring (bicyclic) bond motifs is 1. The summed E-state index contributed by atoms with van der Waals surface area (Å²) < 4.78 is 0. The zero-order valence-corrected chi connectivity index (χ0v) is 7.24. The molecule has 0 saturated heterocycles. The van der Waals surface area contributed by atoms with E-state index in [-0.39, 0.29) is 5.56 Å². The second-order valence-electron chi connectivity index (χ2n) is 2.87. The van der Waals surface area contributed by atoms with Gasteiger partial charge < -0.3 is 10.3 Å². The molecule has 0 fully saturated rings. The van der Waals surface area contributed by atoms with E-state index in [0.29, 0.717) is 5.15 Å². The normalized spacial score (nSPS) is 15.1. The first-order valence-electron chi connectivity index (χ1n) is 3.93. The number of H-pyrrole nitrogens is 1. The van der Waals surface area contributed by atoms with Crippen molar-refractivity contribution in [3.05, 3.63) is 27.1 Å². The molecule has 0 atom stereocenters. The third-order valence-corrected chi connectivity index (χ3v) is 2.23. The van der Waals surface area contributed by atoms with Gasteiger partial charge >= 0.3 is 0 Å². The van der Waals surface area contributed by atoms with Crippen LogP contribution < -0.4 is 10.9 Å². The summed E-state index contributed by atoms with van der Waals surface area (Å²) in [5.74, 6) is 0. The van der Waals surface area contributed by atoms with Gasteiger partial charge in [-0.3, -0.25) is 4.79 Å². The maximum Gasteiger partial charge on any atom is 0.254 e. The van der Waals surface area contributed by atoms with Gasteiger partial charge in [0.05, 0.1) is 0 Å². The van der Waals surface area contributed by atoms with Crippen molar-refractivity contribution in [3.8, 4) is 0 Å². The van der Waals surface area contributed by atoms with Crippen LogP contribution in [0.15, 0.2) is 10.9 Å². The summed E-state index contributed by atoms with van der Waals surface area (Å²) in [6.45, 7) is 0.923. The number of hydrogen-bond acceptors (Lipinski definition) is 2. The molecule has 1 aliphatic heterocycles. The number of aromatic amines is 1. The molecule has 0 bridgehead atoms. The van der Waals surface area contributed by atoms with Crippen LogP contribution in [-0.2, 0) is 6.42 Å². The predicted octanol–water partition coefficient (Wildman–Crippen LogP) is 1.39. The molecular formula is C8H9ClN2O. The molecule has 0 spiro atoms. The number of nitrogens with one attached hydrogen (secondary N) is 2. The predicted molar refractivity (Wildman–Crippen MR) is 48.9 cm³/mol. The third-order valence-electron chi connectivity index (χ3n) is 2.02. The Hall–Kier alpha value is -0.960. The average Bonchev–Trinajstić information content (AvgIpc) is 2.04. The lowest BCUT2D eigenvalue weighted by Gasteiger charge is -2.16. The van der Waals surface area contributed by atoms with Crippen LogP contribution in [0.1, 0.15) is 12.0 Å². The van der Waals surface area contributed by atoms with E-state index in [1.54, 1.807) is 6.07 Å². The molecule has 0 aliphatic carbocycles. The Bertz CT molecular complexity index is 359. The first-order valence-corrected chi connectivity index (χ1v) is 4.31. The van der Waals surface area contributed by atoms with Crippen LogP contribution in [0, 0.1) is 0 Å². The summed E-state index contributed by atoms with van der Waals surface area (Å²) in [7, 11) is 0. The van der Waals surface area contributed by atoms with Gasteiger partial charge in [-0.1, -0.05) is 11.6 Å². The Morgan fingerprint density at radius 3 is 3.17 bits per heavy atom. The highest BCUT2D eigenvalue weighted by Gasteiger charge is 2.12. The van der Waals surface area contributed by atoms with Crippen molar-refractivity contribution < 1.29 is 0 Å². The first kappa shape index (κ1) is 7.68. The molecule has 0 unspecified atom stereocenters. The van der Waals surface area contributed by atoms with E-state index in [1.165, 1.54) is 0 Å². The Kier molecular flexibility index (Phi) is 1.81. The smallest absolute Gasteiger partial charge is 0.254 e. The van der Waals surface area contributed by atoms with Gasteiger partial charge in [0.15, 0.2) is 0 Å². The second-order valence-corrected chi connectivity index (χ2v) is 3.28. The minimum Gasteiger partial charge on any atom is -0.385 e. The highest BCUT2D eigenvalue weighted by molar-refractivity contribution is 6.29. The molecule has 1 aromatic rings. The average molecular weight is 185 g/mol. The highest BCUT2D eigenvalue weighted by atomic mass is 35.5. The van der Waals surface area contributed by atoms with Crippen LogP contribution >= 0.6 is 11.6 Å². The maximum absolute atomic E-state index is 11.3. The summed E-state index contributed by atoms with van der Waals surface area (Å²) in [6.07, 6.45) is 1.85. The van der Waals surface area contributed by atoms with Gasteiger partial charge in [-0.2, -0.15) is 0 Å². The third kappa shape index (κ3) is 1.20. The molecule has 3 nitrogen and oxygen atoms in total. The molecule has 0 radical (unpaired) electrons. The van der Waals surface area contributed by atoms with E-state index < -0.39 is 0 Å². The van der Waals surface area contributed by atoms with E-state index in [2.05, 4.69) is 10.3 Å². The number of rotatable bonds is 0. The SMILES string of the molecule is O=c1[nH]c(Cl)cc2c1CCCN2. The lowest BCUT2D eigenvalue weighted by Crippen LogP contribution is -2.21. The molecule has 2 heterocycles. The lowest BCUT2D eigenvalue weighted by molar-refractivity contribution is 0.815. The van der Waals surface area contributed by atoms with Crippen molar-refractivity contribution in [3.63, 3.8) is 0 Å². The van der Waals surface area contributed by atoms with Crippen LogP contribution in [0.2, 0.25) is 5.15 Å². The zero-order chi connectivity index (χ0) is 8.55. The van der Waals surface area contributed by atoms with E-state index in [4.69, 9.17) is 11.6 Å². The molecule has 1 aliphatic rings. The molecule has 0 amide bonds. The van der Waals surface area contributed by atoms with Crippen LogP contribution in [0.5, 0.6) is 0 Å². The molecule has 1 aromatic heterocycles. The number of aromatic nitrogens is 1. The summed E-state index contributed by atoms with van der Waals surface area (Å²) in [4.78, 5) is 13.9. The van der Waals surface area contributed by atoms with Crippen LogP contribution in [0.25, 0.3) is 0 Å². The van der Waals surface area contributed by atoms with Crippen molar-refractivity contribution in [1.29, 1.82) is 0 Å². The molecular weight excluding hydrogens is 176 g/mol. The Balaban J connectivity index is 2.60. The van der Waals surface area contributed by atoms with Crippen LogP contribution in [-0.4, -0.2) is 11.5 Å². The monoisotopic (exact) mass is 184 g/mol. The summed E-state index contributed by atoms with van der Waals surface area (Å²) in [6, 6.07) is 1.76. The van der Waals surface area contributed by atoms with Gasteiger partial charge in [0, 0.05) is 17.8 Å². The zero-order valence-electron chi connectivity index (χ0n) is 6.48. The van der Waals surface area contributed by atoms with E-state index >= 15 is 0 Å². The number of halogens is 1. The minimum absolute atomic E-state index is 0.0651. The second kappa shape index (κ2) is 2.83. The van der Waals surface area contributed by atoms with Gasteiger partial charge in [-0.25, -0.2) is 0 Å². The quantitative estimate of drug-likeness (QED) is 0.599. The molecule has 2 rings (SSSR count). The van der Waals surface area contributed by atoms with Crippen molar-refractivity contribution in [2.75, 3.05) is 11.9 Å². The Morgan fingerprint density at radius 1 is 1.50 bits per heavy atom. The molecule has 12 heavy (non-hydrogen) atoms. The summed E-state index contributed by atoms with van der Waals surface area (Å²) in [5.41, 5.74) is 1.64. The topological polar surface area (TPSA) is 44.9 Å². The molecule has 0 saturated carbocycles. The molecule has 0 aromatic carbocycles. The Morgan fingerprint density at radius 2 is 2.33 bits per heavy atom. The van der Waals surface area contributed by atoms with Crippen LogP contribution in [0.4, 0.5) is 5.69 Å². The number of anilines is 1. The fraction of sp³-hybridized carbons (Fsp3) is 0.375. The summed E-state index contributed by atoms with van der Waals surface area (Å²) >= 11 is 5.69. The lowest BCUT2D eigenvalue weighted by atomic mass is 10.1. The number of pyridine rings is 1. The van der Waals surface area contributed by atoms with Gasteiger partial charge in [0.1, 0.15) is 5.15 Å². The van der Waals surface area contributed by atoms with Crippen LogP contribution in [0.3, 0.4) is 0 Å². The van der Waals surface area contributed by atoms with Gasteiger partial charge in [0.25, 0.3) is 5.56 Å². The maximum atomic E-state index is 11.3. The van der Waals surface area contributed by atoms with Gasteiger partial charge in [0.2, 0.25) is 0 Å². The minimum atomic E-state index is -0.0651. The molecule has 64 valence electrons. The van der Waals surface area contributed by atoms with Crippen molar-refractivity contribution in [1.82, 2.24) is 4.98 Å². The highest BCUT2D eigenvalue weighted by Crippen LogP contribution is 2.19. The molecule has 2 N–H and O–H groups in total. The largest absolute Gasteiger partial charge is 0.385 e. The van der Waals surface area contributed by atoms with Crippen molar-refractivity contribution >= 4 is 17.3 Å². The van der Waals surface area contributed by atoms with Gasteiger partial charge in [-0.15, -0.1) is 0 Å².